The number of amides is 1. The Bertz CT molecular complexity index is 673. The van der Waals surface area contributed by atoms with Crippen LogP contribution in [0.15, 0.2) is 36.4 Å². The van der Waals surface area contributed by atoms with E-state index in [0.29, 0.717) is 27.0 Å². The molecule has 0 saturated heterocycles. The number of benzene rings is 2. The van der Waals surface area contributed by atoms with Crippen LogP contribution in [0.2, 0.25) is 15.1 Å². The van der Waals surface area contributed by atoms with Crippen LogP contribution in [-0.4, -0.2) is 13.0 Å². The van der Waals surface area contributed by atoms with E-state index in [9.17, 15) is 4.79 Å². The average Bonchev–Trinajstić information content (AvgIpc) is 2.43. The van der Waals surface area contributed by atoms with Crippen LogP contribution in [0.5, 0.6) is 0 Å². The van der Waals surface area contributed by atoms with Crippen molar-refractivity contribution in [3.8, 4) is 0 Å². The van der Waals surface area contributed by atoms with E-state index in [1.54, 1.807) is 43.4 Å². The number of carbonyl (C=O) groups is 1. The Kier molecular flexibility index (Phi) is 4.43. The number of anilines is 2. The highest BCUT2D eigenvalue weighted by Crippen LogP contribution is 2.30. The zero-order valence-corrected chi connectivity index (χ0v) is 12.8. The molecule has 2 N–H and O–H groups in total. The summed E-state index contributed by atoms with van der Waals surface area (Å²) in [5.74, 6) is -0.313. The molecule has 2 aromatic rings. The van der Waals surface area contributed by atoms with Gasteiger partial charge in [-0.3, -0.25) is 4.79 Å². The quantitative estimate of drug-likeness (QED) is 0.824. The summed E-state index contributed by atoms with van der Waals surface area (Å²) in [6.07, 6.45) is 0. The van der Waals surface area contributed by atoms with E-state index < -0.39 is 0 Å². The molecule has 104 valence electrons. The van der Waals surface area contributed by atoms with Crippen LogP contribution in [-0.2, 0) is 0 Å². The van der Waals surface area contributed by atoms with Crippen LogP contribution in [0.3, 0.4) is 0 Å². The van der Waals surface area contributed by atoms with E-state index in [0.717, 1.165) is 0 Å². The van der Waals surface area contributed by atoms with Crippen molar-refractivity contribution in [3.05, 3.63) is 57.0 Å². The van der Waals surface area contributed by atoms with Gasteiger partial charge in [-0.25, -0.2) is 0 Å². The van der Waals surface area contributed by atoms with Crippen molar-refractivity contribution in [3.63, 3.8) is 0 Å². The number of rotatable bonds is 2. The second-order valence-corrected chi connectivity index (χ2v) is 5.39. The van der Waals surface area contributed by atoms with Crippen LogP contribution in [0.25, 0.3) is 0 Å². The molecule has 6 heteroatoms. The smallest absolute Gasteiger partial charge is 0.259 e. The number of nitrogens with two attached hydrogens (primary N) is 1. The van der Waals surface area contributed by atoms with Crippen molar-refractivity contribution in [2.75, 3.05) is 17.7 Å². The normalized spacial score (nSPS) is 10.4. The summed E-state index contributed by atoms with van der Waals surface area (Å²) in [5, 5.41) is 1.03. The van der Waals surface area contributed by atoms with Crippen LogP contribution >= 0.6 is 34.8 Å². The van der Waals surface area contributed by atoms with E-state index in [4.69, 9.17) is 40.5 Å². The zero-order valence-electron chi connectivity index (χ0n) is 10.5. The Morgan fingerprint density at radius 2 is 1.85 bits per heavy atom. The van der Waals surface area contributed by atoms with Crippen molar-refractivity contribution in [2.24, 2.45) is 0 Å². The second kappa shape index (κ2) is 5.92. The van der Waals surface area contributed by atoms with Crippen molar-refractivity contribution in [1.82, 2.24) is 0 Å². The topological polar surface area (TPSA) is 46.3 Å². The summed E-state index contributed by atoms with van der Waals surface area (Å²) in [5.41, 5.74) is 7.13. The summed E-state index contributed by atoms with van der Waals surface area (Å²) in [4.78, 5) is 13.9. The van der Waals surface area contributed by atoms with Gasteiger partial charge in [0.1, 0.15) is 0 Å². The van der Waals surface area contributed by atoms with Crippen LogP contribution in [0.4, 0.5) is 11.4 Å². The highest BCUT2D eigenvalue weighted by atomic mass is 35.5. The molecule has 1 amide bonds. The average molecular weight is 330 g/mol. The molecule has 0 radical (unpaired) electrons. The summed E-state index contributed by atoms with van der Waals surface area (Å²) in [6, 6.07) is 9.80. The third-order valence-corrected chi connectivity index (χ3v) is 3.89. The highest BCUT2D eigenvalue weighted by molar-refractivity contribution is 6.44. The lowest BCUT2D eigenvalue weighted by Crippen LogP contribution is -2.27. The Labute approximate surface area is 131 Å². The minimum absolute atomic E-state index is 0.214. The van der Waals surface area contributed by atoms with Crippen molar-refractivity contribution in [2.45, 2.75) is 0 Å². The third kappa shape index (κ3) is 2.85. The Morgan fingerprint density at radius 3 is 2.55 bits per heavy atom. The number of nitrogen functional groups attached to an aromatic ring is 1. The first-order chi connectivity index (χ1) is 9.41. The van der Waals surface area contributed by atoms with E-state index in [-0.39, 0.29) is 10.9 Å². The molecular formula is C14H11Cl3N2O. The van der Waals surface area contributed by atoms with Gasteiger partial charge in [0.15, 0.2) is 0 Å². The number of halogens is 3. The van der Waals surface area contributed by atoms with Gasteiger partial charge in [0, 0.05) is 12.1 Å². The summed E-state index contributed by atoms with van der Waals surface area (Å²) >= 11 is 17.9. The first-order valence-electron chi connectivity index (χ1n) is 5.69. The standard InChI is InChI=1S/C14H11Cl3N2O/c1-19(12-7-8(15)5-6-11(12)18)14(20)9-3-2-4-10(16)13(9)17/h2-7H,18H2,1H3. The van der Waals surface area contributed by atoms with Crippen LogP contribution in [0.1, 0.15) is 10.4 Å². The molecule has 0 saturated carbocycles. The van der Waals surface area contributed by atoms with E-state index in [1.165, 1.54) is 4.90 Å². The molecule has 0 atom stereocenters. The fourth-order valence-electron chi connectivity index (χ4n) is 1.77. The maximum atomic E-state index is 12.5. The van der Waals surface area contributed by atoms with Crippen LogP contribution < -0.4 is 10.6 Å². The van der Waals surface area contributed by atoms with Crippen molar-refractivity contribution >= 4 is 52.1 Å². The Hall–Kier alpha value is -1.42. The minimum atomic E-state index is -0.313. The molecule has 0 fully saturated rings. The molecule has 0 heterocycles. The maximum Gasteiger partial charge on any atom is 0.259 e. The second-order valence-electron chi connectivity index (χ2n) is 4.17. The molecule has 0 aliphatic carbocycles. The lowest BCUT2D eigenvalue weighted by atomic mass is 10.1. The van der Waals surface area contributed by atoms with E-state index in [1.807, 2.05) is 0 Å². The van der Waals surface area contributed by atoms with Gasteiger partial charge in [-0.1, -0.05) is 40.9 Å². The molecule has 3 nitrogen and oxygen atoms in total. The Morgan fingerprint density at radius 1 is 1.15 bits per heavy atom. The number of hydrogen-bond donors (Lipinski definition) is 1. The summed E-state index contributed by atoms with van der Waals surface area (Å²) in [7, 11) is 1.60. The highest BCUT2D eigenvalue weighted by Gasteiger charge is 2.19. The minimum Gasteiger partial charge on any atom is -0.397 e. The molecule has 0 spiro atoms. The molecule has 2 rings (SSSR count). The van der Waals surface area contributed by atoms with Crippen molar-refractivity contribution < 1.29 is 4.79 Å². The third-order valence-electron chi connectivity index (χ3n) is 2.84. The van der Waals surface area contributed by atoms with Gasteiger partial charge in [-0.15, -0.1) is 0 Å². The van der Waals surface area contributed by atoms with Gasteiger partial charge >= 0.3 is 0 Å². The fraction of sp³-hybridized carbons (Fsp3) is 0.0714. The van der Waals surface area contributed by atoms with Gasteiger partial charge in [0.05, 0.1) is 27.0 Å². The SMILES string of the molecule is CN(C(=O)c1cccc(Cl)c1Cl)c1cc(Cl)ccc1N. The first-order valence-corrected chi connectivity index (χ1v) is 6.82. The molecule has 0 aliphatic heterocycles. The maximum absolute atomic E-state index is 12.5. The lowest BCUT2D eigenvalue weighted by molar-refractivity contribution is 0.0993. The van der Waals surface area contributed by atoms with Gasteiger partial charge in [0.2, 0.25) is 0 Å². The lowest BCUT2D eigenvalue weighted by Gasteiger charge is -2.20. The van der Waals surface area contributed by atoms with Gasteiger partial charge in [-0.2, -0.15) is 0 Å². The number of carbonyl (C=O) groups excluding carboxylic acids is 1. The number of hydrogen-bond acceptors (Lipinski definition) is 2. The molecular weight excluding hydrogens is 319 g/mol. The predicted molar refractivity (Wildman–Crippen MR) is 85.1 cm³/mol. The van der Waals surface area contributed by atoms with Crippen molar-refractivity contribution in [1.29, 1.82) is 0 Å². The first kappa shape index (κ1) is 15.0. The molecule has 0 aromatic heterocycles. The van der Waals surface area contributed by atoms with Gasteiger partial charge in [0.25, 0.3) is 5.91 Å². The molecule has 20 heavy (non-hydrogen) atoms. The predicted octanol–water partition coefficient (Wildman–Crippen LogP) is 4.51. The summed E-state index contributed by atoms with van der Waals surface area (Å²) < 4.78 is 0. The monoisotopic (exact) mass is 328 g/mol. The molecule has 0 unspecified atom stereocenters. The van der Waals surface area contributed by atoms with E-state index >= 15 is 0 Å². The van der Waals surface area contributed by atoms with Gasteiger partial charge in [-0.05, 0) is 30.3 Å². The zero-order chi connectivity index (χ0) is 14.9. The summed E-state index contributed by atoms with van der Waals surface area (Å²) in [6.45, 7) is 0. The largest absolute Gasteiger partial charge is 0.397 e. The fourth-order valence-corrected chi connectivity index (χ4v) is 2.31. The molecule has 0 aliphatic rings. The van der Waals surface area contributed by atoms with Crippen LogP contribution in [0, 0.1) is 0 Å². The Balaban J connectivity index is 2.43. The molecule has 0 bridgehead atoms. The molecule has 2 aromatic carbocycles. The van der Waals surface area contributed by atoms with E-state index in [2.05, 4.69) is 0 Å². The number of nitrogens with zero attached hydrogens (tertiary/aromatic N) is 1. The van der Waals surface area contributed by atoms with Gasteiger partial charge < -0.3 is 10.6 Å².